The predicted molar refractivity (Wildman–Crippen MR) is 45.0 cm³/mol. The molecule has 0 aliphatic carbocycles. The van der Waals surface area contributed by atoms with Crippen LogP contribution in [0.2, 0.25) is 0 Å². The number of carboxylic acid groups (broad SMARTS) is 1. The van der Waals surface area contributed by atoms with Gasteiger partial charge in [0.15, 0.2) is 0 Å². The third-order valence-electron chi connectivity index (χ3n) is 1.51. The number of rotatable bonds is 2. The number of hydrogen-bond donors (Lipinski definition) is 1. The van der Waals surface area contributed by atoms with E-state index in [0.717, 1.165) is 18.2 Å². The Morgan fingerprint density at radius 3 is 2.57 bits per heavy atom. The van der Waals surface area contributed by atoms with Crippen LogP contribution >= 0.6 is 0 Å². The zero-order valence-corrected chi connectivity index (χ0v) is 7.33. The molecule has 0 aliphatic rings. The molecule has 0 atom stereocenters. The number of carbonyl (C=O) groups is 2. The van der Waals surface area contributed by atoms with Gasteiger partial charge in [-0.25, -0.2) is 4.39 Å². The smallest absolute Gasteiger partial charge is 0.221 e. The number of halogens is 1. The van der Waals surface area contributed by atoms with Crippen LogP contribution in [0, 0.1) is 5.82 Å². The van der Waals surface area contributed by atoms with Crippen molar-refractivity contribution >= 4 is 17.6 Å². The van der Waals surface area contributed by atoms with Gasteiger partial charge in [-0.3, -0.25) is 4.79 Å². The molecule has 0 fully saturated rings. The molecule has 5 heteroatoms. The molecular formula is C9H7FNO3-. The van der Waals surface area contributed by atoms with Gasteiger partial charge in [0.1, 0.15) is 5.82 Å². The first kappa shape index (κ1) is 10.2. The van der Waals surface area contributed by atoms with E-state index in [1.807, 2.05) is 0 Å². The fourth-order valence-electron chi connectivity index (χ4n) is 0.988. The van der Waals surface area contributed by atoms with Crippen LogP contribution < -0.4 is 10.4 Å². The molecule has 0 aliphatic heterocycles. The minimum Gasteiger partial charge on any atom is -0.545 e. The van der Waals surface area contributed by atoms with Crippen molar-refractivity contribution in [2.75, 3.05) is 5.32 Å². The monoisotopic (exact) mass is 196 g/mol. The molecule has 1 N–H and O–H groups in total. The standard InChI is InChI=1S/C9H8FNO3/c1-5(12)11-8-4-6(10)2-3-7(8)9(13)14/h2-4H,1H3,(H,11,12)(H,13,14)/p-1. The van der Waals surface area contributed by atoms with Crippen molar-refractivity contribution in [3.63, 3.8) is 0 Å². The Morgan fingerprint density at radius 2 is 2.07 bits per heavy atom. The van der Waals surface area contributed by atoms with Gasteiger partial charge in [0.25, 0.3) is 0 Å². The van der Waals surface area contributed by atoms with E-state index < -0.39 is 17.7 Å². The molecule has 0 aromatic heterocycles. The number of carbonyl (C=O) groups excluding carboxylic acids is 2. The molecule has 14 heavy (non-hydrogen) atoms. The zero-order chi connectivity index (χ0) is 10.7. The fraction of sp³-hybridized carbons (Fsp3) is 0.111. The second kappa shape index (κ2) is 3.87. The summed E-state index contributed by atoms with van der Waals surface area (Å²) in [6.45, 7) is 1.20. The SMILES string of the molecule is CC(=O)Nc1cc(F)ccc1C(=O)[O-]. The second-order valence-electron chi connectivity index (χ2n) is 2.66. The lowest BCUT2D eigenvalue weighted by Crippen LogP contribution is -2.24. The molecule has 0 radical (unpaired) electrons. The number of hydrogen-bond acceptors (Lipinski definition) is 3. The zero-order valence-electron chi connectivity index (χ0n) is 7.33. The summed E-state index contributed by atoms with van der Waals surface area (Å²) in [7, 11) is 0. The van der Waals surface area contributed by atoms with Crippen molar-refractivity contribution in [2.24, 2.45) is 0 Å². The molecule has 0 saturated heterocycles. The summed E-state index contributed by atoms with van der Waals surface area (Å²) in [5.74, 6) is -2.56. The predicted octanol–water partition coefficient (Wildman–Crippen LogP) is 0.148. The third kappa shape index (κ3) is 2.29. The van der Waals surface area contributed by atoms with E-state index in [2.05, 4.69) is 5.32 Å². The molecule has 1 amide bonds. The molecular weight excluding hydrogens is 189 g/mol. The number of amides is 1. The number of benzene rings is 1. The van der Waals surface area contributed by atoms with Crippen LogP contribution in [0.15, 0.2) is 18.2 Å². The highest BCUT2D eigenvalue weighted by Gasteiger charge is 2.05. The van der Waals surface area contributed by atoms with Crippen molar-refractivity contribution < 1.29 is 19.1 Å². The minimum atomic E-state index is -1.46. The van der Waals surface area contributed by atoms with Crippen LogP contribution in [0.5, 0.6) is 0 Å². The van der Waals surface area contributed by atoms with Gasteiger partial charge in [-0.1, -0.05) is 0 Å². The molecule has 1 aromatic carbocycles. The highest BCUT2D eigenvalue weighted by atomic mass is 19.1. The Labute approximate surface area is 79.4 Å². The molecule has 0 bridgehead atoms. The van der Waals surface area contributed by atoms with E-state index in [0.29, 0.717) is 0 Å². The van der Waals surface area contributed by atoms with E-state index in [-0.39, 0.29) is 11.3 Å². The van der Waals surface area contributed by atoms with Crippen molar-refractivity contribution in [2.45, 2.75) is 6.92 Å². The van der Waals surface area contributed by atoms with E-state index >= 15 is 0 Å². The van der Waals surface area contributed by atoms with Gasteiger partial charge in [0.05, 0.1) is 11.7 Å². The van der Waals surface area contributed by atoms with Crippen LogP contribution in [0.3, 0.4) is 0 Å². The first-order valence-electron chi connectivity index (χ1n) is 3.79. The molecule has 0 saturated carbocycles. The lowest BCUT2D eigenvalue weighted by molar-refractivity contribution is -0.254. The second-order valence-corrected chi connectivity index (χ2v) is 2.66. The van der Waals surface area contributed by atoms with Crippen molar-refractivity contribution in [3.05, 3.63) is 29.6 Å². The molecule has 1 rings (SSSR count). The first-order valence-corrected chi connectivity index (χ1v) is 3.79. The first-order chi connectivity index (χ1) is 6.50. The van der Waals surface area contributed by atoms with Gasteiger partial charge in [0.2, 0.25) is 5.91 Å². The van der Waals surface area contributed by atoms with Crippen LogP contribution in [0.4, 0.5) is 10.1 Å². The lowest BCUT2D eigenvalue weighted by atomic mass is 10.1. The summed E-state index contributed by atoms with van der Waals surface area (Å²) < 4.78 is 12.7. The topological polar surface area (TPSA) is 69.2 Å². The van der Waals surface area contributed by atoms with Crippen LogP contribution in [-0.4, -0.2) is 11.9 Å². The van der Waals surface area contributed by atoms with E-state index in [4.69, 9.17) is 0 Å². The van der Waals surface area contributed by atoms with Crippen molar-refractivity contribution in [1.82, 2.24) is 0 Å². The maximum Gasteiger partial charge on any atom is 0.221 e. The van der Waals surface area contributed by atoms with Gasteiger partial charge in [-0.15, -0.1) is 0 Å². The summed E-state index contributed by atoms with van der Waals surface area (Å²) in [6, 6.07) is 2.94. The average Bonchev–Trinajstić information content (AvgIpc) is 2.01. The van der Waals surface area contributed by atoms with Gasteiger partial charge in [0, 0.05) is 12.5 Å². The van der Waals surface area contributed by atoms with Crippen molar-refractivity contribution in [3.8, 4) is 0 Å². The third-order valence-corrected chi connectivity index (χ3v) is 1.51. The summed E-state index contributed by atoms with van der Waals surface area (Å²) >= 11 is 0. The number of aromatic carboxylic acids is 1. The lowest BCUT2D eigenvalue weighted by Gasteiger charge is -2.10. The Kier molecular flexibility index (Phi) is 2.81. The molecule has 74 valence electrons. The molecule has 0 spiro atoms. The maximum absolute atomic E-state index is 12.7. The summed E-state index contributed by atoms with van der Waals surface area (Å²) in [5.41, 5.74) is -0.348. The van der Waals surface area contributed by atoms with E-state index in [1.165, 1.54) is 6.92 Å². The number of nitrogens with one attached hydrogen (secondary N) is 1. The van der Waals surface area contributed by atoms with Gasteiger partial charge >= 0.3 is 0 Å². The summed E-state index contributed by atoms with van der Waals surface area (Å²) in [6.07, 6.45) is 0. The normalized spacial score (nSPS) is 9.57. The minimum absolute atomic E-state index is 0.0995. The largest absolute Gasteiger partial charge is 0.545 e. The molecule has 0 unspecified atom stereocenters. The number of carboxylic acids is 1. The Balaban J connectivity index is 3.15. The molecule has 0 heterocycles. The molecule has 1 aromatic rings. The average molecular weight is 196 g/mol. The van der Waals surface area contributed by atoms with E-state index in [1.54, 1.807) is 0 Å². The fourth-order valence-corrected chi connectivity index (χ4v) is 0.988. The summed E-state index contributed by atoms with van der Waals surface area (Å²) in [4.78, 5) is 21.2. The highest BCUT2D eigenvalue weighted by Crippen LogP contribution is 2.16. The van der Waals surface area contributed by atoms with Crippen LogP contribution in [-0.2, 0) is 4.79 Å². The van der Waals surface area contributed by atoms with Gasteiger partial charge < -0.3 is 15.2 Å². The Hall–Kier alpha value is -1.91. The van der Waals surface area contributed by atoms with Gasteiger partial charge in [-0.2, -0.15) is 0 Å². The number of anilines is 1. The van der Waals surface area contributed by atoms with Gasteiger partial charge in [-0.05, 0) is 18.2 Å². The van der Waals surface area contributed by atoms with Crippen molar-refractivity contribution in [1.29, 1.82) is 0 Å². The molecule has 4 nitrogen and oxygen atoms in total. The van der Waals surface area contributed by atoms with Crippen LogP contribution in [0.1, 0.15) is 17.3 Å². The highest BCUT2D eigenvalue weighted by molar-refractivity contribution is 5.98. The van der Waals surface area contributed by atoms with E-state index in [9.17, 15) is 19.1 Å². The van der Waals surface area contributed by atoms with Crippen LogP contribution in [0.25, 0.3) is 0 Å². The Morgan fingerprint density at radius 1 is 1.43 bits per heavy atom. The maximum atomic E-state index is 12.7. The Bertz CT molecular complexity index is 390. The summed E-state index contributed by atoms with van der Waals surface area (Å²) in [5, 5.41) is 12.7. The quantitative estimate of drug-likeness (QED) is 0.731.